The van der Waals surface area contributed by atoms with Crippen LogP contribution in [0.1, 0.15) is 12.7 Å². The molecule has 2 aromatic heterocycles. The molecule has 1 atom stereocenters. The Kier molecular flexibility index (Phi) is 3.37. The second-order valence-corrected chi connectivity index (χ2v) is 5.04. The van der Waals surface area contributed by atoms with E-state index in [9.17, 15) is 0 Å². The molecule has 102 valence electrons. The average Bonchev–Trinajstić information content (AvgIpc) is 2.77. The van der Waals surface area contributed by atoms with Crippen LogP contribution in [0.15, 0.2) is 48.7 Å². The van der Waals surface area contributed by atoms with E-state index in [1.165, 1.54) is 5.52 Å². The lowest BCUT2D eigenvalue weighted by atomic mass is 10.2. The van der Waals surface area contributed by atoms with Gasteiger partial charge < -0.3 is 9.88 Å². The molecule has 1 N–H and O–H groups in total. The van der Waals surface area contributed by atoms with E-state index < -0.39 is 0 Å². The Labute approximate surface area is 118 Å². The summed E-state index contributed by atoms with van der Waals surface area (Å²) in [6, 6.07) is 14.4. The zero-order valence-corrected chi connectivity index (χ0v) is 11.7. The zero-order chi connectivity index (χ0) is 13.9. The van der Waals surface area contributed by atoms with Crippen LogP contribution < -0.4 is 5.32 Å². The Morgan fingerprint density at radius 3 is 2.70 bits per heavy atom. The number of aryl methyl sites for hydroxylation is 1. The number of benzene rings is 1. The fourth-order valence-electron chi connectivity index (χ4n) is 2.40. The first-order valence-corrected chi connectivity index (χ1v) is 6.82. The van der Waals surface area contributed by atoms with Gasteiger partial charge in [0.25, 0.3) is 0 Å². The number of imidazole rings is 1. The molecule has 0 aliphatic heterocycles. The Morgan fingerprint density at radius 2 is 1.95 bits per heavy atom. The first kappa shape index (κ1) is 12.7. The molecule has 3 rings (SSSR count). The second kappa shape index (κ2) is 5.33. The molecule has 20 heavy (non-hydrogen) atoms. The maximum atomic E-state index is 4.70. The summed E-state index contributed by atoms with van der Waals surface area (Å²) in [5.41, 5.74) is 2.22. The van der Waals surface area contributed by atoms with Crippen LogP contribution in [0.5, 0.6) is 0 Å². The number of hydrogen-bond donors (Lipinski definition) is 1. The molecule has 0 radical (unpaired) electrons. The lowest BCUT2D eigenvalue weighted by Crippen LogP contribution is -2.20. The molecule has 4 heteroatoms. The molecule has 0 saturated heterocycles. The number of nitrogens with zero attached hydrogens (tertiary/aromatic N) is 3. The van der Waals surface area contributed by atoms with Crippen LogP contribution in [0.3, 0.4) is 0 Å². The van der Waals surface area contributed by atoms with Gasteiger partial charge >= 0.3 is 0 Å². The number of rotatable bonds is 4. The minimum atomic E-state index is 0.278. The van der Waals surface area contributed by atoms with Crippen molar-refractivity contribution in [3.05, 3.63) is 54.5 Å². The van der Waals surface area contributed by atoms with E-state index >= 15 is 0 Å². The summed E-state index contributed by atoms with van der Waals surface area (Å²) in [4.78, 5) is 8.98. The van der Waals surface area contributed by atoms with Gasteiger partial charge in [0.05, 0.1) is 11.0 Å². The van der Waals surface area contributed by atoms with Gasteiger partial charge in [-0.3, -0.25) is 0 Å². The van der Waals surface area contributed by atoms with E-state index in [1.54, 1.807) is 6.20 Å². The van der Waals surface area contributed by atoms with Crippen molar-refractivity contribution >= 4 is 16.9 Å². The number of hydrogen-bond acceptors (Lipinski definition) is 3. The fourth-order valence-corrected chi connectivity index (χ4v) is 2.40. The van der Waals surface area contributed by atoms with Gasteiger partial charge in [-0.15, -0.1) is 0 Å². The molecule has 1 unspecified atom stereocenters. The van der Waals surface area contributed by atoms with Crippen LogP contribution >= 0.6 is 0 Å². The highest BCUT2D eigenvalue weighted by molar-refractivity contribution is 5.75. The average molecular weight is 266 g/mol. The number of aromatic nitrogens is 3. The van der Waals surface area contributed by atoms with Crippen LogP contribution in [-0.2, 0) is 13.5 Å². The highest BCUT2D eigenvalue weighted by atomic mass is 15.1. The predicted molar refractivity (Wildman–Crippen MR) is 81.7 cm³/mol. The van der Waals surface area contributed by atoms with Crippen molar-refractivity contribution in [2.75, 3.05) is 5.32 Å². The van der Waals surface area contributed by atoms with Crippen molar-refractivity contribution in [2.24, 2.45) is 7.05 Å². The van der Waals surface area contributed by atoms with E-state index in [0.29, 0.717) is 0 Å². The van der Waals surface area contributed by atoms with Gasteiger partial charge in [-0.1, -0.05) is 18.2 Å². The maximum Gasteiger partial charge on any atom is 0.126 e. The molecule has 0 saturated carbocycles. The predicted octanol–water partition coefficient (Wildman–Crippen LogP) is 3.01. The van der Waals surface area contributed by atoms with Crippen LogP contribution in [0.2, 0.25) is 0 Å². The van der Waals surface area contributed by atoms with E-state index in [2.05, 4.69) is 41.0 Å². The number of anilines is 1. The molecule has 0 fully saturated rings. The van der Waals surface area contributed by atoms with Crippen molar-refractivity contribution in [2.45, 2.75) is 19.4 Å². The molecule has 3 aromatic rings. The van der Waals surface area contributed by atoms with Gasteiger partial charge in [0.1, 0.15) is 11.6 Å². The van der Waals surface area contributed by atoms with Crippen molar-refractivity contribution in [1.82, 2.24) is 14.5 Å². The molecule has 0 spiro atoms. The van der Waals surface area contributed by atoms with E-state index in [-0.39, 0.29) is 6.04 Å². The third-order valence-corrected chi connectivity index (χ3v) is 3.43. The topological polar surface area (TPSA) is 42.7 Å². The minimum Gasteiger partial charge on any atom is -0.367 e. The summed E-state index contributed by atoms with van der Waals surface area (Å²) in [5, 5.41) is 3.40. The van der Waals surface area contributed by atoms with E-state index in [1.807, 2.05) is 30.3 Å². The molecular formula is C16H18N4. The minimum absolute atomic E-state index is 0.278. The van der Waals surface area contributed by atoms with Crippen molar-refractivity contribution in [3.63, 3.8) is 0 Å². The van der Waals surface area contributed by atoms with Gasteiger partial charge in [0.15, 0.2) is 0 Å². The number of fused-ring (bicyclic) bond motifs is 1. The summed E-state index contributed by atoms with van der Waals surface area (Å²) in [5.74, 6) is 1.99. The number of pyridine rings is 1. The van der Waals surface area contributed by atoms with Gasteiger partial charge in [0.2, 0.25) is 0 Å². The van der Waals surface area contributed by atoms with Crippen molar-refractivity contribution < 1.29 is 0 Å². The fraction of sp³-hybridized carbons (Fsp3) is 0.250. The SMILES string of the molecule is CC(Cc1nc2ccccc2n1C)Nc1ccccn1. The third-order valence-electron chi connectivity index (χ3n) is 3.43. The van der Waals surface area contributed by atoms with Crippen LogP contribution in [0.25, 0.3) is 11.0 Å². The van der Waals surface area contributed by atoms with Crippen LogP contribution in [-0.4, -0.2) is 20.6 Å². The zero-order valence-electron chi connectivity index (χ0n) is 11.7. The molecule has 0 aliphatic rings. The highest BCUT2D eigenvalue weighted by Gasteiger charge is 2.11. The maximum absolute atomic E-state index is 4.70. The standard InChI is InChI=1S/C16H18N4/c1-12(18-15-9-5-6-10-17-15)11-16-19-13-7-3-4-8-14(13)20(16)2/h3-10,12H,11H2,1-2H3,(H,17,18). The number of nitrogens with one attached hydrogen (secondary N) is 1. The van der Waals surface area contributed by atoms with E-state index in [4.69, 9.17) is 4.98 Å². The normalized spacial score (nSPS) is 12.5. The lowest BCUT2D eigenvalue weighted by Gasteiger charge is -2.14. The highest BCUT2D eigenvalue weighted by Crippen LogP contribution is 2.16. The summed E-state index contributed by atoms with van der Waals surface area (Å²) < 4.78 is 2.16. The molecule has 4 nitrogen and oxygen atoms in total. The molecule has 0 bridgehead atoms. The van der Waals surface area contributed by atoms with Crippen LogP contribution in [0.4, 0.5) is 5.82 Å². The third kappa shape index (κ3) is 2.50. The van der Waals surface area contributed by atoms with Gasteiger partial charge in [-0.25, -0.2) is 9.97 Å². The van der Waals surface area contributed by atoms with Gasteiger partial charge in [-0.2, -0.15) is 0 Å². The molecule has 2 heterocycles. The summed E-state index contributed by atoms with van der Waals surface area (Å²) in [6.45, 7) is 2.15. The Hall–Kier alpha value is -2.36. The first-order valence-electron chi connectivity index (χ1n) is 6.82. The number of para-hydroxylation sites is 2. The van der Waals surface area contributed by atoms with Gasteiger partial charge in [0, 0.05) is 25.7 Å². The van der Waals surface area contributed by atoms with Gasteiger partial charge in [-0.05, 0) is 31.2 Å². The molecular weight excluding hydrogens is 248 g/mol. The largest absolute Gasteiger partial charge is 0.367 e. The Balaban J connectivity index is 1.77. The quantitative estimate of drug-likeness (QED) is 0.789. The molecule has 1 aromatic carbocycles. The van der Waals surface area contributed by atoms with Crippen molar-refractivity contribution in [3.8, 4) is 0 Å². The molecule has 0 aliphatic carbocycles. The smallest absolute Gasteiger partial charge is 0.126 e. The monoisotopic (exact) mass is 266 g/mol. The first-order chi connectivity index (χ1) is 9.74. The Bertz CT molecular complexity index is 703. The lowest BCUT2D eigenvalue weighted by molar-refractivity contribution is 0.709. The van der Waals surface area contributed by atoms with E-state index in [0.717, 1.165) is 23.6 Å². The van der Waals surface area contributed by atoms with Crippen LogP contribution in [0, 0.1) is 0 Å². The summed E-state index contributed by atoms with van der Waals surface area (Å²) >= 11 is 0. The second-order valence-electron chi connectivity index (χ2n) is 5.04. The Morgan fingerprint density at radius 1 is 1.15 bits per heavy atom. The summed E-state index contributed by atoms with van der Waals surface area (Å²) in [7, 11) is 2.07. The van der Waals surface area contributed by atoms with Crippen molar-refractivity contribution in [1.29, 1.82) is 0 Å². The summed E-state index contributed by atoms with van der Waals surface area (Å²) in [6.07, 6.45) is 2.66. The molecule has 0 amide bonds.